The van der Waals surface area contributed by atoms with Crippen molar-refractivity contribution >= 4 is 14.3 Å². The fourth-order valence-corrected chi connectivity index (χ4v) is 4.32. The monoisotopic (exact) mass is 320 g/mol. The summed E-state index contributed by atoms with van der Waals surface area (Å²) < 4.78 is 11.9. The number of benzene rings is 1. The van der Waals surface area contributed by atoms with E-state index in [4.69, 9.17) is 9.16 Å². The Balaban J connectivity index is 2.31. The summed E-state index contributed by atoms with van der Waals surface area (Å²) in [5, 5.41) is 0.110. The molecule has 22 heavy (non-hydrogen) atoms. The summed E-state index contributed by atoms with van der Waals surface area (Å²) in [6.07, 6.45) is 1.11. The van der Waals surface area contributed by atoms with Crippen LogP contribution in [0.5, 0.6) is 0 Å². The Labute approximate surface area is 135 Å². The van der Waals surface area contributed by atoms with Crippen LogP contribution in [0.1, 0.15) is 45.2 Å². The first-order valence-electron chi connectivity index (χ1n) is 8.05. The molecule has 122 valence electrons. The minimum Gasteiger partial charge on any atom is -0.466 e. The van der Waals surface area contributed by atoms with Gasteiger partial charge in [0, 0.05) is 6.42 Å². The SMILES string of the molecule is CCOC(=O)CC1(O[Si](C)(C)C(C)(C)C)Cc2ccccc21. The van der Waals surface area contributed by atoms with E-state index in [2.05, 4.69) is 46.0 Å². The van der Waals surface area contributed by atoms with Crippen LogP contribution in [0, 0.1) is 0 Å². The molecule has 1 aliphatic rings. The van der Waals surface area contributed by atoms with Crippen LogP contribution in [0.25, 0.3) is 0 Å². The normalized spacial score (nSPS) is 21.0. The van der Waals surface area contributed by atoms with E-state index in [1.165, 1.54) is 5.56 Å². The molecule has 3 nitrogen and oxygen atoms in total. The van der Waals surface area contributed by atoms with Crippen LogP contribution in [0.15, 0.2) is 24.3 Å². The average molecular weight is 321 g/mol. The molecular formula is C18H28O3Si. The molecule has 4 heteroatoms. The molecule has 1 atom stereocenters. The summed E-state index contributed by atoms with van der Waals surface area (Å²) in [5.74, 6) is -0.171. The van der Waals surface area contributed by atoms with Crippen LogP contribution in [0.2, 0.25) is 18.1 Å². The quantitative estimate of drug-likeness (QED) is 0.595. The zero-order chi connectivity index (χ0) is 16.6. The highest BCUT2D eigenvalue weighted by molar-refractivity contribution is 6.74. The van der Waals surface area contributed by atoms with E-state index in [-0.39, 0.29) is 11.0 Å². The third-order valence-corrected chi connectivity index (χ3v) is 9.49. The summed E-state index contributed by atoms with van der Waals surface area (Å²) in [7, 11) is -1.98. The van der Waals surface area contributed by atoms with Gasteiger partial charge < -0.3 is 9.16 Å². The summed E-state index contributed by atoms with van der Waals surface area (Å²) >= 11 is 0. The van der Waals surface area contributed by atoms with Gasteiger partial charge in [-0.05, 0) is 36.2 Å². The molecule has 0 N–H and O–H groups in total. The van der Waals surface area contributed by atoms with Crippen LogP contribution in [-0.2, 0) is 26.0 Å². The van der Waals surface area contributed by atoms with Gasteiger partial charge in [-0.1, -0.05) is 45.0 Å². The second kappa shape index (κ2) is 5.82. The molecule has 0 aliphatic heterocycles. The Hall–Kier alpha value is -1.13. The van der Waals surface area contributed by atoms with E-state index in [0.717, 1.165) is 12.0 Å². The zero-order valence-corrected chi connectivity index (χ0v) is 15.7. The number of carbonyl (C=O) groups excluding carboxylic acids is 1. The lowest BCUT2D eigenvalue weighted by Gasteiger charge is -2.50. The molecule has 1 unspecified atom stereocenters. The highest BCUT2D eigenvalue weighted by Crippen LogP contribution is 2.50. The molecule has 0 saturated heterocycles. The van der Waals surface area contributed by atoms with Crippen molar-refractivity contribution in [1.82, 2.24) is 0 Å². The Morgan fingerprint density at radius 1 is 1.27 bits per heavy atom. The van der Waals surface area contributed by atoms with E-state index in [1.807, 2.05) is 19.1 Å². The van der Waals surface area contributed by atoms with E-state index in [0.29, 0.717) is 13.0 Å². The maximum Gasteiger partial charge on any atom is 0.309 e. The molecule has 0 saturated carbocycles. The molecule has 0 fully saturated rings. The number of rotatable bonds is 5. The lowest BCUT2D eigenvalue weighted by molar-refractivity contribution is -0.149. The van der Waals surface area contributed by atoms with Gasteiger partial charge >= 0.3 is 5.97 Å². The first kappa shape index (κ1) is 17.2. The lowest BCUT2D eigenvalue weighted by Crippen LogP contribution is -2.54. The first-order chi connectivity index (χ1) is 10.1. The molecule has 2 rings (SSSR count). The maximum absolute atomic E-state index is 12.1. The second-order valence-corrected chi connectivity index (χ2v) is 12.4. The number of hydrogen-bond donors (Lipinski definition) is 0. The smallest absolute Gasteiger partial charge is 0.309 e. The van der Waals surface area contributed by atoms with Crippen LogP contribution in [0.4, 0.5) is 0 Å². The number of carbonyl (C=O) groups is 1. The molecule has 0 radical (unpaired) electrons. The summed E-state index contributed by atoms with van der Waals surface area (Å²) in [6.45, 7) is 13.4. The molecular weight excluding hydrogens is 292 g/mol. The largest absolute Gasteiger partial charge is 0.466 e. The van der Waals surface area contributed by atoms with E-state index in [1.54, 1.807) is 0 Å². The number of ether oxygens (including phenoxy) is 1. The van der Waals surface area contributed by atoms with Gasteiger partial charge in [0.15, 0.2) is 8.32 Å². The summed E-state index contributed by atoms with van der Waals surface area (Å²) in [6, 6.07) is 8.27. The molecule has 1 aromatic rings. The van der Waals surface area contributed by atoms with Gasteiger partial charge in [-0.25, -0.2) is 0 Å². The highest BCUT2D eigenvalue weighted by Gasteiger charge is 2.51. The Morgan fingerprint density at radius 3 is 2.45 bits per heavy atom. The van der Waals surface area contributed by atoms with Crippen molar-refractivity contribution in [3.05, 3.63) is 35.4 Å². The fourth-order valence-electron chi connectivity index (χ4n) is 2.79. The van der Waals surface area contributed by atoms with Gasteiger partial charge in [-0.15, -0.1) is 0 Å². The van der Waals surface area contributed by atoms with E-state index < -0.39 is 13.9 Å². The predicted molar refractivity (Wildman–Crippen MR) is 91.4 cm³/mol. The molecule has 1 aromatic carbocycles. The third-order valence-electron chi connectivity index (χ3n) is 4.98. The van der Waals surface area contributed by atoms with Crippen molar-refractivity contribution in [2.75, 3.05) is 6.61 Å². The maximum atomic E-state index is 12.1. The van der Waals surface area contributed by atoms with Crippen LogP contribution >= 0.6 is 0 Å². The van der Waals surface area contributed by atoms with Gasteiger partial charge in [0.1, 0.15) is 0 Å². The molecule has 1 aliphatic carbocycles. The predicted octanol–water partition coefficient (Wildman–Crippen LogP) is 4.41. The van der Waals surface area contributed by atoms with Crippen molar-refractivity contribution in [3.8, 4) is 0 Å². The standard InChI is InChI=1S/C18H28O3Si/c1-7-20-16(19)13-18(21-22(5,6)17(2,3)4)12-14-10-8-9-11-15(14)18/h8-11H,7,12-13H2,1-6H3. The summed E-state index contributed by atoms with van der Waals surface area (Å²) in [5.41, 5.74) is 1.95. The van der Waals surface area contributed by atoms with Gasteiger partial charge in [-0.2, -0.15) is 0 Å². The van der Waals surface area contributed by atoms with Gasteiger partial charge in [0.25, 0.3) is 0 Å². The van der Waals surface area contributed by atoms with Gasteiger partial charge in [-0.3, -0.25) is 4.79 Å². The second-order valence-electron chi connectivity index (χ2n) is 7.67. The zero-order valence-electron chi connectivity index (χ0n) is 14.7. The van der Waals surface area contributed by atoms with Crippen molar-refractivity contribution in [1.29, 1.82) is 0 Å². The molecule has 0 aromatic heterocycles. The molecule has 0 heterocycles. The Kier molecular flexibility index (Phi) is 4.55. The van der Waals surface area contributed by atoms with Crippen molar-refractivity contribution in [3.63, 3.8) is 0 Å². The van der Waals surface area contributed by atoms with Gasteiger partial charge in [0.05, 0.1) is 18.6 Å². The number of fused-ring (bicyclic) bond motifs is 1. The van der Waals surface area contributed by atoms with Gasteiger partial charge in [0.2, 0.25) is 0 Å². The third kappa shape index (κ3) is 3.13. The Morgan fingerprint density at radius 2 is 1.91 bits per heavy atom. The molecule has 0 bridgehead atoms. The van der Waals surface area contributed by atoms with E-state index in [9.17, 15) is 4.79 Å². The molecule has 0 amide bonds. The lowest BCUT2D eigenvalue weighted by atomic mass is 9.71. The van der Waals surface area contributed by atoms with Crippen LogP contribution in [-0.4, -0.2) is 20.9 Å². The molecule has 0 spiro atoms. The highest BCUT2D eigenvalue weighted by atomic mass is 28.4. The van der Waals surface area contributed by atoms with Crippen LogP contribution < -0.4 is 0 Å². The van der Waals surface area contributed by atoms with Crippen molar-refractivity contribution < 1.29 is 14.0 Å². The Bertz CT molecular complexity index is 560. The summed E-state index contributed by atoms with van der Waals surface area (Å²) in [4.78, 5) is 12.1. The van der Waals surface area contributed by atoms with Crippen molar-refractivity contribution in [2.45, 2.75) is 64.3 Å². The first-order valence-corrected chi connectivity index (χ1v) is 11.0. The minimum absolute atomic E-state index is 0.110. The number of hydrogen-bond acceptors (Lipinski definition) is 3. The fraction of sp³-hybridized carbons (Fsp3) is 0.611. The van der Waals surface area contributed by atoms with E-state index >= 15 is 0 Å². The topological polar surface area (TPSA) is 35.5 Å². The minimum atomic E-state index is -1.98. The van der Waals surface area contributed by atoms with Crippen molar-refractivity contribution in [2.24, 2.45) is 0 Å². The average Bonchev–Trinajstić information content (AvgIpc) is 2.36. The number of esters is 1. The van der Waals surface area contributed by atoms with Crippen LogP contribution in [0.3, 0.4) is 0 Å².